The molecule has 2 aliphatic rings. The lowest BCUT2D eigenvalue weighted by Gasteiger charge is -2.47. The number of alkyl halides is 3. The number of aromatic nitrogens is 2. The van der Waals surface area contributed by atoms with E-state index in [0.29, 0.717) is 35.7 Å². The van der Waals surface area contributed by atoms with Crippen LogP contribution in [0.3, 0.4) is 0 Å². The molecule has 2 heterocycles. The van der Waals surface area contributed by atoms with Crippen LogP contribution in [-0.2, 0) is 6.18 Å². The van der Waals surface area contributed by atoms with Crippen molar-refractivity contribution in [2.75, 3.05) is 13.1 Å². The molecule has 6 nitrogen and oxygen atoms in total. The first kappa shape index (κ1) is 28.4. The van der Waals surface area contributed by atoms with Crippen LogP contribution >= 0.6 is 7.36 Å². The van der Waals surface area contributed by atoms with Crippen LogP contribution in [0.2, 0.25) is 0 Å². The third kappa shape index (κ3) is 4.67. The molecular weight excluding hydrogens is 563 g/mol. The van der Waals surface area contributed by atoms with Crippen molar-refractivity contribution in [3.63, 3.8) is 0 Å². The lowest BCUT2D eigenvalue weighted by Crippen LogP contribution is -2.45. The molecule has 11 heteroatoms. The van der Waals surface area contributed by atoms with Crippen molar-refractivity contribution in [2.45, 2.75) is 45.8 Å². The van der Waals surface area contributed by atoms with Crippen molar-refractivity contribution in [1.29, 1.82) is 0 Å². The number of nitrogens with zero attached hydrogens (tertiary/aromatic N) is 6. The molecule has 1 fully saturated rings. The molecule has 0 N–H and O–H groups in total. The molecule has 0 spiro atoms. The molecule has 6 rings (SSSR count). The number of amidine groups is 1. The first-order valence-electron chi connectivity index (χ1n) is 14.0. The highest BCUT2D eigenvalue weighted by Crippen LogP contribution is 2.65. The molecule has 1 aliphatic heterocycles. The summed E-state index contributed by atoms with van der Waals surface area (Å²) in [4.78, 5) is 5.10. The minimum absolute atomic E-state index is 0.0632. The lowest BCUT2D eigenvalue weighted by atomic mass is 10.2. The highest BCUT2D eigenvalue weighted by atomic mass is 31.2. The predicted molar refractivity (Wildman–Crippen MR) is 159 cm³/mol. The Labute approximate surface area is 242 Å². The molecule has 0 radical (unpaired) electrons. The Morgan fingerprint density at radius 3 is 2.21 bits per heavy atom. The topological polar surface area (TPSA) is 49.0 Å². The Morgan fingerprint density at radius 2 is 1.57 bits per heavy atom. The number of aryl methyl sites for hydroxylation is 1. The van der Waals surface area contributed by atoms with E-state index in [1.807, 2.05) is 51.1 Å². The average molecular weight is 595 g/mol. The molecular formula is C31H31F4N6P. The van der Waals surface area contributed by atoms with Gasteiger partial charge in [0, 0.05) is 19.1 Å². The second-order valence-electron chi connectivity index (χ2n) is 10.3. The van der Waals surface area contributed by atoms with E-state index in [0.717, 1.165) is 24.6 Å². The quantitative estimate of drug-likeness (QED) is 0.160. The van der Waals surface area contributed by atoms with Gasteiger partial charge in [-0.15, -0.1) is 0 Å². The van der Waals surface area contributed by atoms with Gasteiger partial charge >= 0.3 is 6.18 Å². The van der Waals surface area contributed by atoms with Gasteiger partial charge in [0.05, 0.1) is 33.5 Å². The van der Waals surface area contributed by atoms with Gasteiger partial charge in [-0.2, -0.15) is 18.3 Å². The molecule has 4 aromatic rings. The maximum atomic E-state index is 15.6. The number of para-hydroxylation sites is 1. The summed E-state index contributed by atoms with van der Waals surface area (Å²) in [7, 11) is -3.28. The lowest BCUT2D eigenvalue weighted by molar-refractivity contribution is -0.137. The molecule has 218 valence electrons. The summed E-state index contributed by atoms with van der Waals surface area (Å²) in [6, 6.07) is 21.2. The van der Waals surface area contributed by atoms with Crippen LogP contribution in [0.1, 0.15) is 43.5 Å². The summed E-state index contributed by atoms with van der Waals surface area (Å²) in [6.45, 7) is 6.83. The number of benzene rings is 3. The van der Waals surface area contributed by atoms with E-state index in [2.05, 4.69) is 9.34 Å². The third-order valence-electron chi connectivity index (χ3n) is 7.62. The monoisotopic (exact) mass is 594 g/mol. The molecule has 0 unspecified atom stereocenters. The van der Waals surface area contributed by atoms with Gasteiger partial charge in [0.25, 0.3) is 0 Å². The van der Waals surface area contributed by atoms with Gasteiger partial charge in [0.15, 0.2) is 13.2 Å². The van der Waals surface area contributed by atoms with Gasteiger partial charge < -0.3 is 4.67 Å². The summed E-state index contributed by atoms with van der Waals surface area (Å²) in [5, 5.41) is 5.59. The van der Waals surface area contributed by atoms with Gasteiger partial charge in [0.1, 0.15) is 11.7 Å². The maximum Gasteiger partial charge on any atom is 0.418 e. The predicted octanol–water partition coefficient (Wildman–Crippen LogP) is 8.22. The molecule has 1 aromatic heterocycles. The van der Waals surface area contributed by atoms with Crippen molar-refractivity contribution < 1.29 is 17.6 Å². The van der Waals surface area contributed by atoms with Crippen LogP contribution in [0.25, 0.3) is 5.69 Å². The van der Waals surface area contributed by atoms with Crippen LogP contribution in [0, 0.1) is 12.7 Å². The first-order valence-corrected chi connectivity index (χ1v) is 15.7. The van der Waals surface area contributed by atoms with E-state index < -0.39 is 24.9 Å². The summed E-state index contributed by atoms with van der Waals surface area (Å²) in [5.74, 6) is 0.372. The van der Waals surface area contributed by atoms with Gasteiger partial charge in [-0.25, -0.2) is 18.8 Å². The molecule has 0 amide bonds. The molecule has 0 bridgehead atoms. The Morgan fingerprint density at radius 1 is 0.929 bits per heavy atom. The fourth-order valence-electron chi connectivity index (χ4n) is 5.65. The molecule has 0 saturated heterocycles. The number of hydrogen-bond donors (Lipinski definition) is 0. The van der Waals surface area contributed by atoms with E-state index in [-0.39, 0.29) is 17.3 Å². The second-order valence-corrected chi connectivity index (χ2v) is 13.1. The minimum Gasteiger partial charge on any atom is -0.304 e. The van der Waals surface area contributed by atoms with Crippen molar-refractivity contribution >= 4 is 30.0 Å². The number of hydrogen-bond acceptors (Lipinski definition) is 3. The Kier molecular flexibility index (Phi) is 7.31. The third-order valence-corrected chi connectivity index (χ3v) is 11.7. The van der Waals surface area contributed by atoms with Gasteiger partial charge in [-0.1, -0.05) is 56.3 Å². The smallest absolute Gasteiger partial charge is 0.304 e. The molecule has 3 aromatic carbocycles. The Balaban J connectivity index is 1.80. The highest BCUT2D eigenvalue weighted by Gasteiger charge is 2.51. The standard InChI is InChI=1S/C31H31F4N6P/c1-4-39(5-2)42(38-27-18-12-10-16-25(27)31(33,34)35)28-21(3)37-40(22-13-7-6-8-14-22)30(28)36-29(41(42)23-19-20-23)24-15-9-11-17-26(24)32/h6-18,23H,4-5,19-20H2,1-3H3/t42-/m1/s1. The molecule has 1 aliphatic carbocycles. The summed E-state index contributed by atoms with van der Waals surface area (Å²) < 4.78 is 69.9. The SMILES string of the molecule is CCN(CC)[P@]1(=Nc2ccccc2C(F)(F)F)c2c(C)nn(-c3ccccc3)c2N=C(c2ccccc2F)N1C1CC1. The van der Waals surface area contributed by atoms with Crippen LogP contribution in [0.4, 0.5) is 29.1 Å². The van der Waals surface area contributed by atoms with Gasteiger partial charge in [-0.3, -0.25) is 4.67 Å². The molecule has 42 heavy (non-hydrogen) atoms. The number of fused-ring (bicyclic) bond motifs is 1. The van der Waals surface area contributed by atoms with Crippen LogP contribution in [0.5, 0.6) is 0 Å². The normalized spacial score (nSPS) is 18.7. The molecule has 1 saturated carbocycles. The fraction of sp³-hybridized carbons (Fsp3) is 0.290. The number of aliphatic imine (C=N–C) groups is 1. The summed E-state index contributed by atoms with van der Waals surface area (Å²) in [6.07, 6.45) is -3.01. The maximum absolute atomic E-state index is 15.6. The largest absolute Gasteiger partial charge is 0.418 e. The van der Waals surface area contributed by atoms with Crippen molar-refractivity contribution in [3.8, 4) is 5.69 Å². The van der Waals surface area contributed by atoms with E-state index in [1.165, 1.54) is 18.2 Å². The van der Waals surface area contributed by atoms with Crippen molar-refractivity contribution in [1.82, 2.24) is 19.1 Å². The summed E-state index contributed by atoms with van der Waals surface area (Å²) >= 11 is 0. The Bertz CT molecular complexity index is 1700. The second kappa shape index (κ2) is 10.8. The van der Waals surface area contributed by atoms with E-state index >= 15 is 4.39 Å². The highest BCUT2D eigenvalue weighted by molar-refractivity contribution is 7.70. The van der Waals surface area contributed by atoms with Gasteiger partial charge in [0.2, 0.25) is 0 Å². The number of rotatable bonds is 7. The fourth-order valence-corrected chi connectivity index (χ4v) is 10.0. The van der Waals surface area contributed by atoms with Crippen molar-refractivity contribution in [3.05, 3.63) is 102 Å². The van der Waals surface area contributed by atoms with E-state index in [1.54, 1.807) is 28.9 Å². The number of halogens is 4. The zero-order valence-electron chi connectivity index (χ0n) is 23.6. The van der Waals surface area contributed by atoms with E-state index in [9.17, 15) is 13.2 Å². The average Bonchev–Trinajstić information content (AvgIpc) is 3.75. The van der Waals surface area contributed by atoms with Gasteiger partial charge in [-0.05, 0) is 56.2 Å². The molecule has 1 atom stereocenters. The first-order chi connectivity index (χ1) is 20.2. The van der Waals surface area contributed by atoms with Crippen molar-refractivity contribution in [2.24, 2.45) is 9.74 Å². The van der Waals surface area contributed by atoms with E-state index in [4.69, 9.17) is 14.8 Å². The minimum atomic E-state index is -4.61. The van der Waals surface area contributed by atoms with Crippen LogP contribution < -0.4 is 5.30 Å². The van der Waals surface area contributed by atoms with Crippen LogP contribution in [-0.4, -0.2) is 44.1 Å². The zero-order valence-corrected chi connectivity index (χ0v) is 24.4. The zero-order chi connectivity index (χ0) is 29.6. The van der Waals surface area contributed by atoms with Crippen LogP contribution in [0.15, 0.2) is 88.6 Å². The Hall–Kier alpha value is -3.75. The summed E-state index contributed by atoms with van der Waals surface area (Å²) in [5.41, 5.74) is 0.695.